The summed E-state index contributed by atoms with van der Waals surface area (Å²) in [6.07, 6.45) is 3.48. The minimum absolute atomic E-state index is 0.127. The molecule has 6 nitrogen and oxygen atoms in total. The summed E-state index contributed by atoms with van der Waals surface area (Å²) in [4.78, 5) is 34.6. The molecule has 0 bridgehead atoms. The quantitative estimate of drug-likeness (QED) is 0.537. The molecule has 6 heteroatoms. The smallest absolute Gasteiger partial charge is 0.223 e. The minimum Gasteiger partial charge on any atom is -0.340 e. The second-order valence-electron chi connectivity index (χ2n) is 11.7. The average Bonchev–Trinajstić information content (AvgIpc) is 2.70. The molecule has 2 fully saturated rings. The van der Waals surface area contributed by atoms with E-state index in [-0.39, 0.29) is 5.54 Å². The number of piperazine rings is 2. The van der Waals surface area contributed by atoms with Gasteiger partial charge in [0.05, 0.1) is 0 Å². The van der Waals surface area contributed by atoms with E-state index in [9.17, 15) is 9.59 Å². The Morgan fingerprint density at radius 3 is 1.88 bits per heavy atom. The number of rotatable bonds is 9. The van der Waals surface area contributed by atoms with E-state index in [0.29, 0.717) is 48.6 Å². The van der Waals surface area contributed by atoms with E-state index in [2.05, 4.69) is 75.0 Å². The van der Waals surface area contributed by atoms with Gasteiger partial charge in [0, 0.05) is 76.3 Å². The van der Waals surface area contributed by atoms with Gasteiger partial charge in [-0.2, -0.15) is 0 Å². The van der Waals surface area contributed by atoms with E-state index in [4.69, 9.17) is 0 Å². The highest BCUT2D eigenvalue weighted by atomic mass is 16.2. The van der Waals surface area contributed by atoms with E-state index >= 15 is 0 Å². The highest BCUT2D eigenvalue weighted by Crippen LogP contribution is 2.26. The third kappa shape index (κ3) is 7.72. The van der Waals surface area contributed by atoms with Crippen molar-refractivity contribution in [2.75, 3.05) is 45.8 Å². The maximum atomic E-state index is 12.8. The van der Waals surface area contributed by atoms with Crippen molar-refractivity contribution < 1.29 is 9.59 Å². The fraction of sp³-hybridized carbons (Fsp3) is 0.923. The average molecular weight is 451 g/mol. The fourth-order valence-corrected chi connectivity index (χ4v) is 5.22. The van der Waals surface area contributed by atoms with Gasteiger partial charge in [0.1, 0.15) is 0 Å². The molecule has 2 heterocycles. The van der Waals surface area contributed by atoms with Crippen molar-refractivity contribution in [3.05, 3.63) is 0 Å². The molecule has 186 valence electrons. The molecule has 2 rings (SSSR count). The Kier molecular flexibility index (Phi) is 10.0. The molecule has 0 aromatic rings. The lowest BCUT2D eigenvalue weighted by molar-refractivity contribution is -0.142. The largest absolute Gasteiger partial charge is 0.340 e. The van der Waals surface area contributed by atoms with Crippen LogP contribution in [0.1, 0.15) is 81.1 Å². The van der Waals surface area contributed by atoms with Gasteiger partial charge < -0.3 is 9.80 Å². The van der Waals surface area contributed by atoms with Crippen LogP contribution >= 0.6 is 0 Å². The lowest BCUT2D eigenvalue weighted by Gasteiger charge is -2.49. The molecular weight excluding hydrogens is 400 g/mol. The van der Waals surface area contributed by atoms with Crippen LogP contribution in [0.3, 0.4) is 0 Å². The SMILES string of the molecule is CC(C)CC(=O)N1CCN(C(C)CCC(C)CC(=O)N2CCN(C(C)C)CC2)CC1(C)C. The van der Waals surface area contributed by atoms with Gasteiger partial charge in [0.25, 0.3) is 0 Å². The summed E-state index contributed by atoms with van der Waals surface area (Å²) in [6, 6.07) is 1.04. The Morgan fingerprint density at radius 2 is 1.34 bits per heavy atom. The Hall–Kier alpha value is -1.14. The molecule has 0 saturated carbocycles. The van der Waals surface area contributed by atoms with Crippen LogP contribution in [-0.4, -0.2) is 94.8 Å². The van der Waals surface area contributed by atoms with E-state index in [1.807, 2.05) is 0 Å². The molecule has 2 unspecified atom stereocenters. The number of hydrogen-bond acceptors (Lipinski definition) is 4. The Morgan fingerprint density at radius 1 is 0.750 bits per heavy atom. The zero-order valence-corrected chi connectivity index (χ0v) is 22.2. The highest BCUT2D eigenvalue weighted by Gasteiger charge is 2.37. The number of hydrogen-bond donors (Lipinski definition) is 0. The zero-order valence-electron chi connectivity index (χ0n) is 22.2. The van der Waals surface area contributed by atoms with Crippen molar-refractivity contribution in [1.82, 2.24) is 19.6 Å². The summed E-state index contributed by atoms with van der Waals surface area (Å²) in [5, 5.41) is 0. The van der Waals surface area contributed by atoms with Crippen molar-refractivity contribution in [3.63, 3.8) is 0 Å². The van der Waals surface area contributed by atoms with Crippen LogP contribution < -0.4 is 0 Å². The maximum absolute atomic E-state index is 12.8. The minimum atomic E-state index is -0.127. The Bertz CT molecular complexity index is 611. The molecule has 0 aromatic carbocycles. The topological polar surface area (TPSA) is 47.1 Å². The van der Waals surface area contributed by atoms with Gasteiger partial charge in [-0.05, 0) is 59.3 Å². The number of amides is 2. The standard InChI is InChI=1S/C26H50N4O2/c1-20(2)17-25(32)30-16-15-29(19-26(30,7)8)23(6)10-9-22(5)18-24(31)28-13-11-27(12-14-28)21(3)4/h20-23H,9-19H2,1-8H3. The maximum Gasteiger partial charge on any atom is 0.223 e. The van der Waals surface area contributed by atoms with Crippen molar-refractivity contribution in [2.24, 2.45) is 11.8 Å². The highest BCUT2D eigenvalue weighted by molar-refractivity contribution is 5.77. The molecule has 0 aliphatic carbocycles. The Balaban J connectivity index is 1.75. The molecule has 0 N–H and O–H groups in total. The van der Waals surface area contributed by atoms with Crippen molar-refractivity contribution in [2.45, 2.75) is 98.7 Å². The number of carbonyl (C=O) groups excluding carboxylic acids is 2. The van der Waals surface area contributed by atoms with Gasteiger partial charge in [-0.15, -0.1) is 0 Å². The molecular formula is C26H50N4O2. The van der Waals surface area contributed by atoms with E-state index in [1.165, 1.54) is 0 Å². The first-order valence-electron chi connectivity index (χ1n) is 13.0. The fourth-order valence-electron chi connectivity index (χ4n) is 5.22. The first kappa shape index (κ1) is 27.1. The van der Waals surface area contributed by atoms with Crippen LogP contribution in [0, 0.1) is 11.8 Å². The summed E-state index contributed by atoms with van der Waals surface area (Å²) < 4.78 is 0. The third-order valence-corrected chi connectivity index (χ3v) is 7.44. The summed E-state index contributed by atoms with van der Waals surface area (Å²) in [5.41, 5.74) is -0.127. The second kappa shape index (κ2) is 11.8. The molecule has 2 atom stereocenters. The normalized spacial score (nSPS) is 22.4. The molecule has 2 aliphatic rings. The first-order valence-corrected chi connectivity index (χ1v) is 13.0. The van der Waals surface area contributed by atoms with Crippen molar-refractivity contribution >= 4 is 11.8 Å². The number of nitrogens with zero attached hydrogens (tertiary/aromatic N) is 4. The van der Waals surface area contributed by atoms with Crippen LogP contribution in [0.5, 0.6) is 0 Å². The summed E-state index contributed by atoms with van der Waals surface area (Å²) in [7, 11) is 0. The second-order valence-corrected chi connectivity index (χ2v) is 11.7. The lowest BCUT2D eigenvalue weighted by atomic mass is 9.93. The van der Waals surface area contributed by atoms with E-state index < -0.39 is 0 Å². The van der Waals surface area contributed by atoms with Crippen LogP contribution in [0.15, 0.2) is 0 Å². The molecule has 32 heavy (non-hydrogen) atoms. The predicted octanol–water partition coefficient (Wildman–Crippen LogP) is 3.70. The summed E-state index contributed by atoms with van der Waals surface area (Å²) >= 11 is 0. The van der Waals surface area contributed by atoms with Crippen LogP contribution in [0.2, 0.25) is 0 Å². The molecule has 0 aromatic heterocycles. The van der Waals surface area contributed by atoms with Gasteiger partial charge in [-0.25, -0.2) is 0 Å². The van der Waals surface area contributed by atoms with Gasteiger partial charge in [-0.1, -0.05) is 20.8 Å². The van der Waals surface area contributed by atoms with Crippen LogP contribution in [-0.2, 0) is 9.59 Å². The first-order chi connectivity index (χ1) is 14.9. The van der Waals surface area contributed by atoms with E-state index in [0.717, 1.165) is 58.7 Å². The molecule has 0 radical (unpaired) electrons. The van der Waals surface area contributed by atoms with Gasteiger partial charge >= 0.3 is 0 Å². The van der Waals surface area contributed by atoms with Crippen LogP contribution in [0.25, 0.3) is 0 Å². The summed E-state index contributed by atoms with van der Waals surface area (Å²) in [6.45, 7) is 24.0. The Labute approximate surface area is 197 Å². The predicted molar refractivity (Wildman–Crippen MR) is 133 cm³/mol. The third-order valence-electron chi connectivity index (χ3n) is 7.44. The summed E-state index contributed by atoms with van der Waals surface area (Å²) in [5.74, 6) is 1.43. The van der Waals surface area contributed by atoms with Crippen molar-refractivity contribution in [3.8, 4) is 0 Å². The van der Waals surface area contributed by atoms with Gasteiger partial charge in [0.2, 0.25) is 11.8 Å². The van der Waals surface area contributed by atoms with E-state index in [1.54, 1.807) is 0 Å². The molecule has 2 aliphatic heterocycles. The van der Waals surface area contributed by atoms with Gasteiger partial charge in [0.15, 0.2) is 0 Å². The number of carbonyl (C=O) groups is 2. The monoisotopic (exact) mass is 450 g/mol. The molecule has 2 amide bonds. The molecule has 0 spiro atoms. The van der Waals surface area contributed by atoms with Gasteiger partial charge in [-0.3, -0.25) is 19.4 Å². The van der Waals surface area contributed by atoms with Crippen molar-refractivity contribution in [1.29, 1.82) is 0 Å². The zero-order chi connectivity index (χ0) is 24.1. The molecule has 2 saturated heterocycles. The van der Waals surface area contributed by atoms with Crippen LogP contribution in [0.4, 0.5) is 0 Å². The lowest BCUT2D eigenvalue weighted by Crippen LogP contribution is -2.62.